The van der Waals surface area contributed by atoms with Crippen LogP contribution in [-0.4, -0.2) is 35.4 Å². The molecule has 0 aliphatic rings. The first-order valence-corrected chi connectivity index (χ1v) is 7.50. The zero-order valence-corrected chi connectivity index (χ0v) is 13.2. The molecule has 4 nitrogen and oxygen atoms in total. The van der Waals surface area contributed by atoms with Crippen LogP contribution in [0.3, 0.4) is 0 Å². The van der Waals surface area contributed by atoms with Crippen LogP contribution in [0.15, 0.2) is 30.5 Å². The minimum Gasteiger partial charge on any atom is -0.373 e. The Kier molecular flexibility index (Phi) is 4.78. The van der Waals surface area contributed by atoms with E-state index in [2.05, 4.69) is 24.1 Å². The lowest BCUT2D eigenvalue weighted by molar-refractivity contribution is 0.0701. The molecule has 1 atom stereocenters. The third-order valence-corrected chi connectivity index (χ3v) is 3.99. The molecule has 0 spiro atoms. The van der Waals surface area contributed by atoms with E-state index in [4.69, 9.17) is 0 Å². The quantitative estimate of drug-likeness (QED) is 0.914. The molecule has 0 saturated heterocycles. The molecule has 2 aromatic rings. The van der Waals surface area contributed by atoms with Crippen molar-refractivity contribution in [3.63, 3.8) is 0 Å². The van der Waals surface area contributed by atoms with E-state index in [0.29, 0.717) is 12.1 Å². The Morgan fingerprint density at radius 3 is 2.52 bits per heavy atom. The molecule has 2 rings (SSSR count). The van der Waals surface area contributed by atoms with E-state index in [9.17, 15) is 4.79 Å². The number of amides is 1. The first-order chi connectivity index (χ1) is 10.1. The van der Waals surface area contributed by atoms with Crippen LogP contribution in [0.2, 0.25) is 0 Å². The molecule has 1 amide bonds. The summed E-state index contributed by atoms with van der Waals surface area (Å²) in [6.45, 7) is 6.90. The van der Waals surface area contributed by atoms with Crippen molar-refractivity contribution in [3.8, 4) is 0 Å². The largest absolute Gasteiger partial charge is 0.373 e. The SMILES string of the molecule is CCC(C)N(CC)C(=O)c1cnc(NC)c2ccccc12. The van der Waals surface area contributed by atoms with Gasteiger partial charge in [0.1, 0.15) is 5.82 Å². The third kappa shape index (κ3) is 2.84. The van der Waals surface area contributed by atoms with Crippen molar-refractivity contribution in [2.45, 2.75) is 33.2 Å². The van der Waals surface area contributed by atoms with Gasteiger partial charge in [-0.05, 0) is 25.7 Å². The zero-order chi connectivity index (χ0) is 15.4. The number of hydrogen-bond acceptors (Lipinski definition) is 3. The van der Waals surface area contributed by atoms with Crippen LogP contribution in [0.1, 0.15) is 37.6 Å². The number of carbonyl (C=O) groups is 1. The number of carbonyl (C=O) groups excluding carboxylic acids is 1. The molecule has 1 heterocycles. The van der Waals surface area contributed by atoms with E-state index in [-0.39, 0.29) is 11.9 Å². The van der Waals surface area contributed by atoms with Crippen LogP contribution in [0, 0.1) is 0 Å². The summed E-state index contributed by atoms with van der Waals surface area (Å²) in [5, 5.41) is 5.00. The summed E-state index contributed by atoms with van der Waals surface area (Å²) < 4.78 is 0. The van der Waals surface area contributed by atoms with E-state index in [0.717, 1.165) is 23.0 Å². The van der Waals surface area contributed by atoms with Gasteiger partial charge in [0.05, 0.1) is 5.56 Å². The number of nitrogens with one attached hydrogen (secondary N) is 1. The number of rotatable bonds is 5. The van der Waals surface area contributed by atoms with Crippen LogP contribution in [0.4, 0.5) is 5.82 Å². The number of benzene rings is 1. The lowest BCUT2D eigenvalue weighted by atomic mass is 10.0. The summed E-state index contributed by atoms with van der Waals surface area (Å²) in [4.78, 5) is 19.2. The highest BCUT2D eigenvalue weighted by atomic mass is 16.2. The van der Waals surface area contributed by atoms with E-state index in [1.807, 2.05) is 43.1 Å². The van der Waals surface area contributed by atoms with Crippen LogP contribution in [0.25, 0.3) is 10.8 Å². The summed E-state index contributed by atoms with van der Waals surface area (Å²) >= 11 is 0. The number of pyridine rings is 1. The maximum Gasteiger partial charge on any atom is 0.256 e. The van der Waals surface area contributed by atoms with E-state index < -0.39 is 0 Å². The van der Waals surface area contributed by atoms with Gasteiger partial charge in [0.2, 0.25) is 0 Å². The molecule has 0 bridgehead atoms. The van der Waals surface area contributed by atoms with Crippen molar-refractivity contribution in [1.29, 1.82) is 0 Å². The number of aromatic nitrogens is 1. The van der Waals surface area contributed by atoms with Crippen LogP contribution in [-0.2, 0) is 0 Å². The number of fused-ring (bicyclic) bond motifs is 1. The Morgan fingerprint density at radius 1 is 1.29 bits per heavy atom. The highest BCUT2D eigenvalue weighted by Crippen LogP contribution is 2.25. The van der Waals surface area contributed by atoms with Crippen LogP contribution >= 0.6 is 0 Å². The normalized spacial score (nSPS) is 12.2. The van der Waals surface area contributed by atoms with Crippen molar-refractivity contribution < 1.29 is 4.79 Å². The number of nitrogens with zero attached hydrogens (tertiary/aromatic N) is 2. The Balaban J connectivity index is 2.54. The van der Waals surface area contributed by atoms with Crippen molar-refractivity contribution in [2.75, 3.05) is 18.9 Å². The fourth-order valence-corrected chi connectivity index (χ4v) is 2.59. The Bertz CT molecular complexity index is 639. The van der Waals surface area contributed by atoms with Gasteiger partial charge in [-0.3, -0.25) is 4.79 Å². The third-order valence-electron chi connectivity index (χ3n) is 3.99. The van der Waals surface area contributed by atoms with Gasteiger partial charge in [-0.1, -0.05) is 31.2 Å². The predicted molar refractivity (Wildman–Crippen MR) is 87.8 cm³/mol. The fraction of sp³-hybridized carbons (Fsp3) is 0.412. The summed E-state index contributed by atoms with van der Waals surface area (Å²) in [6, 6.07) is 8.12. The second-order valence-corrected chi connectivity index (χ2v) is 5.16. The van der Waals surface area contributed by atoms with Crippen molar-refractivity contribution in [1.82, 2.24) is 9.88 Å². The second kappa shape index (κ2) is 6.57. The molecule has 0 saturated carbocycles. The van der Waals surface area contributed by atoms with E-state index in [1.54, 1.807) is 6.20 Å². The minimum atomic E-state index is 0.0539. The fourth-order valence-electron chi connectivity index (χ4n) is 2.59. The average molecular weight is 285 g/mol. The molecule has 0 aliphatic heterocycles. The molecule has 4 heteroatoms. The topological polar surface area (TPSA) is 45.2 Å². The smallest absolute Gasteiger partial charge is 0.256 e. The molecule has 1 N–H and O–H groups in total. The minimum absolute atomic E-state index is 0.0539. The molecule has 112 valence electrons. The van der Waals surface area contributed by atoms with Crippen LogP contribution in [0.5, 0.6) is 0 Å². The predicted octanol–water partition coefficient (Wildman–Crippen LogP) is 3.54. The molecule has 1 unspecified atom stereocenters. The molecular weight excluding hydrogens is 262 g/mol. The van der Waals surface area contributed by atoms with Gasteiger partial charge in [0.15, 0.2) is 0 Å². The number of anilines is 1. The Hall–Kier alpha value is -2.10. The van der Waals surface area contributed by atoms with Gasteiger partial charge in [0.25, 0.3) is 5.91 Å². The van der Waals surface area contributed by atoms with E-state index >= 15 is 0 Å². The summed E-state index contributed by atoms with van der Waals surface area (Å²) in [7, 11) is 1.84. The molecule has 0 aliphatic carbocycles. The monoisotopic (exact) mass is 285 g/mol. The lowest BCUT2D eigenvalue weighted by Crippen LogP contribution is -2.38. The van der Waals surface area contributed by atoms with Gasteiger partial charge in [-0.15, -0.1) is 0 Å². The van der Waals surface area contributed by atoms with E-state index in [1.165, 1.54) is 0 Å². The maximum atomic E-state index is 12.9. The molecule has 1 aromatic carbocycles. The maximum absolute atomic E-state index is 12.9. The van der Waals surface area contributed by atoms with Gasteiger partial charge in [0, 0.05) is 31.2 Å². The second-order valence-electron chi connectivity index (χ2n) is 5.16. The summed E-state index contributed by atoms with van der Waals surface area (Å²) in [5.41, 5.74) is 0.673. The molecule has 21 heavy (non-hydrogen) atoms. The zero-order valence-electron chi connectivity index (χ0n) is 13.2. The Labute approximate surface area is 126 Å². The number of hydrogen-bond donors (Lipinski definition) is 1. The lowest BCUT2D eigenvalue weighted by Gasteiger charge is -2.27. The molecule has 0 fully saturated rings. The summed E-state index contributed by atoms with van der Waals surface area (Å²) in [6.07, 6.45) is 2.63. The molecular formula is C17H23N3O. The molecule has 0 radical (unpaired) electrons. The molecule has 1 aromatic heterocycles. The van der Waals surface area contributed by atoms with Gasteiger partial charge >= 0.3 is 0 Å². The van der Waals surface area contributed by atoms with Gasteiger partial charge < -0.3 is 10.2 Å². The highest BCUT2D eigenvalue weighted by molar-refractivity contribution is 6.09. The van der Waals surface area contributed by atoms with Crippen molar-refractivity contribution in [2.24, 2.45) is 0 Å². The standard InChI is InChI=1S/C17H23N3O/c1-5-12(3)20(6-2)17(21)15-11-19-16(18-4)14-10-8-7-9-13(14)15/h7-12H,5-6H2,1-4H3,(H,18,19). The van der Waals surface area contributed by atoms with Gasteiger partial charge in [-0.25, -0.2) is 4.98 Å². The van der Waals surface area contributed by atoms with Crippen molar-refractivity contribution >= 4 is 22.5 Å². The Morgan fingerprint density at radius 2 is 1.95 bits per heavy atom. The first kappa shape index (κ1) is 15.3. The summed E-state index contributed by atoms with van der Waals surface area (Å²) in [5.74, 6) is 0.854. The van der Waals surface area contributed by atoms with Crippen molar-refractivity contribution in [3.05, 3.63) is 36.0 Å². The van der Waals surface area contributed by atoms with Crippen LogP contribution < -0.4 is 5.32 Å². The first-order valence-electron chi connectivity index (χ1n) is 7.50. The highest BCUT2D eigenvalue weighted by Gasteiger charge is 2.21. The van der Waals surface area contributed by atoms with Gasteiger partial charge in [-0.2, -0.15) is 0 Å². The average Bonchev–Trinajstić information content (AvgIpc) is 2.54.